The number of hydrogen-bond acceptors (Lipinski definition) is 4. The quantitative estimate of drug-likeness (QED) is 0.705. The SMILES string of the molecule is CCCCCn1nc(C(=O)N[C@H](C(=O)O)C(C)C)c2ccccc2c1=O. The zero-order chi connectivity index (χ0) is 19.3. The van der Waals surface area contributed by atoms with Gasteiger partial charge in [-0.25, -0.2) is 9.48 Å². The summed E-state index contributed by atoms with van der Waals surface area (Å²) in [5.41, 5.74) is -0.171. The predicted octanol–water partition coefficient (Wildman–Crippen LogP) is 2.43. The predicted molar refractivity (Wildman–Crippen MR) is 99.3 cm³/mol. The first-order valence-corrected chi connectivity index (χ1v) is 8.90. The fourth-order valence-electron chi connectivity index (χ4n) is 2.79. The molecule has 0 saturated heterocycles. The molecule has 2 aromatic rings. The van der Waals surface area contributed by atoms with Gasteiger partial charge in [-0.15, -0.1) is 0 Å². The average molecular weight is 359 g/mol. The van der Waals surface area contributed by atoms with E-state index >= 15 is 0 Å². The molecule has 7 nitrogen and oxygen atoms in total. The molecule has 0 unspecified atom stereocenters. The second-order valence-electron chi connectivity index (χ2n) is 6.66. The Labute approximate surface area is 152 Å². The van der Waals surface area contributed by atoms with E-state index in [9.17, 15) is 19.5 Å². The Hall–Kier alpha value is -2.70. The minimum Gasteiger partial charge on any atom is -0.480 e. The normalized spacial score (nSPS) is 12.3. The molecule has 1 amide bonds. The highest BCUT2D eigenvalue weighted by Gasteiger charge is 2.26. The van der Waals surface area contributed by atoms with Gasteiger partial charge in [0.25, 0.3) is 11.5 Å². The summed E-state index contributed by atoms with van der Waals surface area (Å²) in [6.07, 6.45) is 2.74. The lowest BCUT2D eigenvalue weighted by Gasteiger charge is -2.18. The summed E-state index contributed by atoms with van der Waals surface area (Å²) >= 11 is 0. The van der Waals surface area contributed by atoms with Crippen molar-refractivity contribution in [2.75, 3.05) is 0 Å². The first kappa shape index (κ1) is 19.6. The third-order valence-electron chi connectivity index (χ3n) is 4.28. The Morgan fingerprint density at radius 3 is 2.42 bits per heavy atom. The largest absolute Gasteiger partial charge is 0.480 e. The summed E-state index contributed by atoms with van der Waals surface area (Å²) in [4.78, 5) is 36.7. The third-order valence-corrected chi connectivity index (χ3v) is 4.28. The van der Waals surface area contributed by atoms with Gasteiger partial charge in [-0.1, -0.05) is 51.8 Å². The number of hydrogen-bond donors (Lipinski definition) is 2. The molecule has 2 rings (SSSR count). The zero-order valence-corrected chi connectivity index (χ0v) is 15.4. The van der Waals surface area contributed by atoms with Crippen molar-refractivity contribution in [3.05, 3.63) is 40.3 Å². The summed E-state index contributed by atoms with van der Waals surface area (Å²) in [6, 6.07) is 5.74. The van der Waals surface area contributed by atoms with E-state index in [1.807, 2.05) is 0 Å². The van der Waals surface area contributed by atoms with E-state index in [2.05, 4.69) is 17.3 Å². The number of aromatic nitrogens is 2. The maximum absolute atomic E-state index is 12.7. The second-order valence-corrected chi connectivity index (χ2v) is 6.66. The van der Waals surface area contributed by atoms with Crippen molar-refractivity contribution in [1.82, 2.24) is 15.1 Å². The van der Waals surface area contributed by atoms with Gasteiger partial charge in [0, 0.05) is 11.9 Å². The fraction of sp³-hybridized carbons (Fsp3) is 0.474. The molecule has 1 aromatic heterocycles. The van der Waals surface area contributed by atoms with Crippen LogP contribution >= 0.6 is 0 Å². The van der Waals surface area contributed by atoms with Crippen LogP contribution in [-0.2, 0) is 11.3 Å². The lowest BCUT2D eigenvalue weighted by atomic mass is 10.0. The lowest BCUT2D eigenvalue weighted by Crippen LogP contribution is -2.45. The van der Waals surface area contributed by atoms with Gasteiger partial charge < -0.3 is 10.4 Å². The van der Waals surface area contributed by atoms with E-state index in [1.54, 1.807) is 38.1 Å². The summed E-state index contributed by atoms with van der Waals surface area (Å²) in [6.45, 7) is 5.92. The molecule has 1 atom stereocenters. The molecule has 0 radical (unpaired) electrons. The molecule has 0 aliphatic heterocycles. The van der Waals surface area contributed by atoms with Crippen LogP contribution in [0, 0.1) is 5.92 Å². The van der Waals surface area contributed by atoms with E-state index in [0.29, 0.717) is 17.3 Å². The van der Waals surface area contributed by atoms with E-state index in [1.165, 1.54) is 4.68 Å². The molecule has 2 N–H and O–H groups in total. The van der Waals surface area contributed by atoms with Gasteiger partial charge in [0.2, 0.25) is 0 Å². The molecule has 140 valence electrons. The Morgan fingerprint density at radius 2 is 1.85 bits per heavy atom. The molecule has 7 heteroatoms. The van der Waals surface area contributed by atoms with Crippen LogP contribution in [0.2, 0.25) is 0 Å². The number of carbonyl (C=O) groups is 2. The number of nitrogens with one attached hydrogen (secondary N) is 1. The summed E-state index contributed by atoms with van der Waals surface area (Å²) in [7, 11) is 0. The van der Waals surface area contributed by atoms with Crippen molar-refractivity contribution in [1.29, 1.82) is 0 Å². The van der Waals surface area contributed by atoms with E-state index in [4.69, 9.17) is 0 Å². The van der Waals surface area contributed by atoms with Gasteiger partial charge in [0.05, 0.1) is 5.39 Å². The number of rotatable bonds is 8. The molecule has 0 spiro atoms. The number of benzene rings is 1. The van der Waals surface area contributed by atoms with Gasteiger partial charge >= 0.3 is 5.97 Å². The number of fused-ring (bicyclic) bond motifs is 1. The number of carboxylic acid groups (broad SMARTS) is 1. The summed E-state index contributed by atoms with van der Waals surface area (Å²) in [5.74, 6) is -1.97. The average Bonchev–Trinajstić information content (AvgIpc) is 2.61. The number of carbonyl (C=O) groups excluding carboxylic acids is 1. The minimum absolute atomic E-state index is 0.0728. The van der Waals surface area contributed by atoms with Crippen molar-refractivity contribution in [3.8, 4) is 0 Å². The smallest absolute Gasteiger partial charge is 0.326 e. The van der Waals surface area contributed by atoms with Crippen molar-refractivity contribution in [2.45, 2.75) is 52.6 Å². The number of nitrogens with zero attached hydrogens (tertiary/aromatic N) is 2. The molecule has 1 aromatic carbocycles. The molecule has 26 heavy (non-hydrogen) atoms. The lowest BCUT2D eigenvalue weighted by molar-refractivity contribution is -0.140. The monoisotopic (exact) mass is 359 g/mol. The van der Waals surface area contributed by atoms with Crippen LogP contribution in [0.5, 0.6) is 0 Å². The number of aryl methyl sites for hydroxylation is 1. The topological polar surface area (TPSA) is 101 Å². The first-order valence-electron chi connectivity index (χ1n) is 8.90. The Kier molecular flexibility index (Phi) is 6.49. The molecule has 0 aliphatic carbocycles. The number of carboxylic acids is 1. The fourth-order valence-corrected chi connectivity index (χ4v) is 2.79. The first-order chi connectivity index (χ1) is 12.4. The van der Waals surface area contributed by atoms with Crippen molar-refractivity contribution in [3.63, 3.8) is 0 Å². The van der Waals surface area contributed by atoms with E-state index < -0.39 is 17.9 Å². The standard InChI is InChI=1S/C19H25N3O4/c1-4-5-8-11-22-18(24)14-10-7-6-9-13(14)16(21-22)17(23)20-15(12(2)3)19(25)26/h6-7,9-10,12,15H,4-5,8,11H2,1-3H3,(H,20,23)(H,25,26)/t15-/m0/s1. The highest BCUT2D eigenvalue weighted by Crippen LogP contribution is 2.14. The van der Waals surface area contributed by atoms with E-state index in [0.717, 1.165) is 19.3 Å². The third kappa shape index (κ3) is 4.28. The van der Waals surface area contributed by atoms with Crippen LogP contribution in [0.4, 0.5) is 0 Å². The number of unbranched alkanes of at least 4 members (excludes halogenated alkanes) is 2. The molecule has 0 fully saturated rings. The summed E-state index contributed by atoms with van der Waals surface area (Å²) < 4.78 is 1.30. The number of aliphatic carboxylic acids is 1. The Morgan fingerprint density at radius 1 is 1.19 bits per heavy atom. The highest BCUT2D eigenvalue weighted by molar-refractivity contribution is 6.05. The van der Waals surface area contributed by atoms with Crippen LogP contribution in [0.25, 0.3) is 10.8 Å². The molecule has 1 heterocycles. The minimum atomic E-state index is -1.10. The van der Waals surface area contributed by atoms with Crippen molar-refractivity contribution < 1.29 is 14.7 Å². The van der Waals surface area contributed by atoms with Crippen molar-refractivity contribution >= 4 is 22.6 Å². The maximum atomic E-state index is 12.7. The van der Waals surface area contributed by atoms with Crippen LogP contribution < -0.4 is 10.9 Å². The molecule has 0 saturated carbocycles. The highest BCUT2D eigenvalue weighted by atomic mass is 16.4. The Balaban J connectivity index is 2.47. The van der Waals surface area contributed by atoms with Crippen LogP contribution in [-0.4, -0.2) is 32.8 Å². The van der Waals surface area contributed by atoms with Crippen LogP contribution in [0.3, 0.4) is 0 Å². The van der Waals surface area contributed by atoms with Gasteiger partial charge in [-0.05, 0) is 18.4 Å². The van der Waals surface area contributed by atoms with Gasteiger partial charge in [0.15, 0.2) is 5.69 Å². The van der Waals surface area contributed by atoms with Gasteiger partial charge in [-0.2, -0.15) is 5.10 Å². The van der Waals surface area contributed by atoms with E-state index in [-0.39, 0.29) is 17.2 Å². The van der Waals surface area contributed by atoms with Crippen LogP contribution in [0.1, 0.15) is 50.5 Å². The maximum Gasteiger partial charge on any atom is 0.326 e. The zero-order valence-electron chi connectivity index (χ0n) is 15.4. The van der Waals surface area contributed by atoms with Gasteiger partial charge in [-0.3, -0.25) is 9.59 Å². The van der Waals surface area contributed by atoms with Gasteiger partial charge in [0.1, 0.15) is 6.04 Å². The Bertz CT molecular complexity index is 857. The number of amides is 1. The molecule has 0 aliphatic rings. The second kappa shape index (κ2) is 8.60. The molecule has 0 bridgehead atoms. The molecular weight excluding hydrogens is 334 g/mol. The molecular formula is C19H25N3O4. The van der Waals surface area contributed by atoms with Crippen LogP contribution in [0.15, 0.2) is 29.1 Å². The van der Waals surface area contributed by atoms with Crippen molar-refractivity contribution in [2.24, 2.45) is 5.92 Å². The summed E-state index contributed by atoms with van der Waals surface area (Å²) in [5, 5.41) is 16.9.